The molecule has 3 unspecified atom stereocenters. The zero-order chi connectivity index (χ0) is 13.9. The summed E-state index contributed by atoms with van der Waals surface area (Å²) in [6.07, 6.45) is 8.23. The number of hydrogen-bond acceptors (Lipinski definition) is 2. The van der Waals surface area contributed by atoms with E-state index in [4.69, 9.17) is 0 Å². The van der Waals surface area contributed by atoms with Crippen LogP contribution >= 0.6 is 22.6 Å². The molecule has 0 spiro atoms. The van der Waals surface area contributed by atoms with Crippen LogP contribution in [0.1, 0.15) is 44.1 Å². The standard InChI is InChI=1S/C17H25IN2/c1-12-11-13(18)8-9-15(12)20-17-6-3-2-5-14(17)16-7-4-10-19-16/h8-9,11,14,16-17,19-20H,2-7,10H2,1H3. The summed E-state index contributed by atoms with van der Waals surface area (Å²) < 4.78 is 1.32. The van der Waals surface area contributed by atoms with Crippen molar-refractivity contribution >= 4 is 28.3 Å². The first-order chi connectivity index (χ1) is 9.74. The largest absolute Gasteiger partial charge is 0.382 e. The Kier molecular flexibility index (Phi) is 4.87. The van der Waals surface area contributed by atoms with Crippen molar-refractivity contribution < 1.29 is 0 Å². The number of halogens is 1. The molecule has 1 aliphatic heterocycles. The minimum atomic E-state index is 0.651. The lowest BCUT2D eigenvalue weighted by Gasteiger charge is -2.37. The molecule has 0 aromatic heterocycles. The smallest absolute Gasteiger partial charge is 0.0372 e. The van der Waals surface area contributed by atoms with Gasteiger partial charge in [0, 0.05) is 21.3 Å². The fraction of sp³-hybridized carbons (Fsp3) is 0.647. The summed E-state index contributed by atoms with van der Waals surface area (Å²) in [5.41, 5.74) is 2.71. The van der Waals surface area contributed by atoms with Crippen LogP contribution in [0, 0.1) is 16.4 Å². The van der Waals surface area contributed by atoms with Gasteiger partial charge in [0.1, 0.15) is 0 Å². The second kappa shape index (κ2) is 6.65. The zero-order valence-corrected chi connectivity index (χ0v) is 14.4. The highest BCUT2D eigenvalue weighted by atomic mass is 127. The van der Waals surface area contributed by atoms with Crippen molar-refractivity contribution in [2.45, 2.75) is 57.5 Å². The molecule has 2 aliphatic rings. The molecule has 1 aromatic rings. The average Bonchev–Trinajstić information content (AvgIpc) is 2.96. The summed E-state index contributed by atoms with van der Waals surface area (Å²) >= 11 is 2.39. The molecule has 2 nitrogen and oxygen atoms in total. The minimum Gasteiger partial charge on any atom is -0.382 e. The molecule has 1 heterocycles. The van der Waals surface area contributed by atoms with Crippen LogP contribution in [0.4, 0.5) is 5.69 Å². The predicted molar refractivity (Wildman–Crippen MR) is 94.3 cm³/mol. The first-order valence-corrected chi connectivity index (χ1v) is 9.08. The second-order valence-electron chi connectivity index (χ2n) is 6.36. The first kappa shape index (κ1) is 14.6. The van der Waals surface area contributed by atoms with E-state index in [-0.39, 0.29) is 0 Å². The normalized spacial score (nSPS) is 30.4. The molecule has 3 heteroatoms. The van der Waals surface area contributed by atoms with Gasteiger partial charge in [-0.2, -0.15) is 0 Å². The summed E-state index contributed by atoms with van der Waals surface area (Å²) in [6, 6.07) is 8.14. The summed E-state index contributed by atoms with van der Waals surface area (Å²) in [4.78, 5) is 0. The van der Waals surface area contributed by atoms with E-state index in [1.165, 1.54) is 59.9 Å². The number of anilines is 1. The van der Waals surface area contributed by atoms with Gasteiger partial charge in [0.25, 0.3) is 0 Å². The lowest BCUT2D eigenvalue weighted by Crippen LogP contribution is -2.43. The van der Waals surface area contributed by atoms with Crippen molar-refractivity contribution in [2.24, 2.45) is 5.92 Å². The van der Waals surface area contributed by atoms with Crippen molar-refractivity contribution in [2.75, 3.05) is 11.9 Å². The van der Waals surface area contributed by atoms with Gasteiger partial charge in [-0.1, -0.05) is 12.8 Å². The number of nitrogens with one attached hydrogen (secondary N) is 2. The predicted octanol–water partition coefficient (Wildman–Crippen LogP) is 4.32. The lowest BCUT2D eigenvalue weighted by molar-refractivity contribution is 0.262. The molecular weight excluding hydrogens is 359 g/mol. The van der Waals surface area contributed by atoms with Crippen LogP contribution in [0.25, 0.3) is 0 Å². The highest BCUT2D eigenvalue weighted by Crippen LogP contribution is 2.33. The first-order valence-electron chi connectivity index (χ1n) is 8.00. The van der Waals surface area contributed by atoms with E-state index in [1.54, 1.807) is 0 Å². The highest BCUT2D eigenvalue weighted by Gasteiger charge is 2.33. The third kappa shape index (κ3) is 3.30. The maximum absolute atomic E-state index is 3.86. The van der Waals surface area contributed by atoms with Crippen LogP contribution in [-0.4, -0.2) is 18.6 Å². The van der Waals surface area contributed by atoms with Crippen molar-refractivity contribution in [3.8, 4) is 0 Å². The molecular formula is C17H25IN2. The molecule has 0 bridgehead atoms. The molecule has 2 fully saturated rings. The summed E-state index contributed by atoms with van der Waals surface area (Å²) in [5, 5.41) is 7.58. The Morgan fingerprint density at radius 2 is 2.00 bits per heavy atom. The van der Waals surface area contributed by atoms with Crippen LogP contribution < -0.4 is 10.6 Å². The van der Waals surface area contributed by atoms with Gasteiger partial charge in [0.2, 0.25) is 0 Å². The van der Waals surface area contributed by atoms with Crippen LogP contribution in [0.15, 0.2) is 18.2 Å². The van der Waals surface area contributed by atoms with Crippen molar-refractivity contribution in [1.82, 2.24) is 5.32 Å². The molecule has 1 aromatic carbocycles. The second-order valence-corrected chi connectivity index (χ2v) is 7.61. The van der Waals surface area contributed by atoms with E-state index in [1.807, 2.05) is 0 Å². The quantitative estimate of drug-likeness (QED) is 0.759. The summed E-state index contributed by atoms with van der Waals surface area (Å²) in [7, 11) is 0. The molecule has 3 rings (SSSR count). The molecule has 1 saturated heterocycles. The molecule has 110 valence electrons. The summed E-state index contributed by atoms with van der Waals surface area (Å²) in [5.74, 6) is 0.810. The lowest BCUT2D eigenvalue weighted by atomic mass is 9.79. The fourth-order valence-electron chi connectivity index (χ4n) is 3.89. The molecule has 0 amide bonds. The van der Waals surface area contributed by atoms with Crippen LogP contribution in [0.3, 0.4) is 0 Å². The Morgan fingerprint density at radius 3 is 2.75 bits per heavy atom. The van der Waals surface area contributed by atoms with E-state index < -0.39 is 0 Å². The Balaban J connectivity index is 1.72. The van der Waals surface area contributed by atoms with E-state index >= 15 is 0 Å². The van der Waals surface area contributed by atoms with Crippen molar-refractivity contribution in [1.29, 1.82) is 0 Å². The number of aryl methyl sites for hydroxylation is 1. The van der Waals surface area contributed by atoms with Crippen LogP contribution in [-0.2, 0) is 0 Å². The van der Waals surface area contributed by atoms with Gasteiger partial charge >= 0.3 is 0 Å². The number of rotatable bonds is 3. The van der Waals surface area contributed by atoms with Crippen molar-refractivity contribution in [3.63, 3.8) is 0 Å². The monoisotopic (exact) mass is 384 g/mol. The molecule has 3 atom stereocenters. The third-order valence-corrected chi connectivity index (χ3v) is 5.64. The van der Waals surface area contributed by atoms with E-state index in [0.717, 1.165) is 12.0 Å². The van der Waals surface area contributed by atoms with Gasteiger partial charge < -0.3 is 10.6 Å². The SMILES string of the molecule is Cc1cc(I)ccc1NC1CCCCC1C1CCCN1. The highest BCUT2D eigenvalue weighted by molar-refractivity contribution is 14.1. The molecule has 2 N–H and O–H groups in total. The number of hydrogen-bond donors (Lipinski definition) is 2. The zero-order valence-electron chi connectivity index (χ0n) is 12.3. The van der Waals surface area contributed by atoms with Gasteiger partial charge in [0.05, 0.1) is 0 Å². The molecule has 20 heavy (non-hydrogen) atoms. The van der Waals surface area contributed by atoms with E-state index in [2.05, 4.69) is 58.3 Å². The average molecular weight is 384 g/mol. The summed E-state index contributed by atoms with van der Waals surface area (Å²) in [6.45, 7) is 3.44. The van der Waals surface area contributed by atoms with Gasteiger partial charge in [-0.15, -0.1) is 0 Å². The van der Waals surface area contributed by atoms with Gasteiger partial charge in [0.15, 0.2) is 0 Å². The van der Waals surface area contributed by atoms with Gasteiger partial charge in [-0.3, -0.25) is 0 Å². The fourth-order valence-corrected chi connectivity index (χ4v) is 4.53. The van der Waals surface area contributed by atoms with E-state index in [0.29, 0.717) is 6.04 Å². The van der Waals surface area contributed by atoms with Crippen molar-refractivity contribution in [3.05, 3.63) is 27.3 Å². The maximum atomic E-state index is 3.86. The van der Waals surface area contributed by atoms with Gasteiger partial charge in [-0.05, 0) is 91.4 Å². The Morgan fingerprint density at radius 1 is 1.15 bits per heavy atom. The minimum absolute atomic E-state index is 0.651. The van der Waals surface area contributed by atoms with Gasteiger partial charge in [-0.25, -0.2) is 0 Å². The van der Waals surface area contributed by atoms with Crippen LogP contribution in [0.2, 0.25) is 0 Å². The van der Waals surface area contributed by atoms with E-state index in [9.17, 15) is 0 Å². The van der Waals surface area contributed by atoms with Crippen LogP contribution in [0.5, 0.6) is 0 Å². The molecule has 1 aliphatic carbocycles. The Labute approximate surface area is 136 Å². The maximum Gasteiger partial charge on any atom is 0.0372 e. The molecule has 0 radical (unpaired) electrons. The Hall–Kier alpha value is -0.290. The number of benzene rings is 1. The Bertz CT molecular complexity index is 454. The topological polar surface area (TPSA) is 24.1 Å². The third-order valence-electron chi connectivity index (χ3n) is 4.96. The molecule has 1 saturated carbocycles.